The first-order valence-electron chi connectivity index (χ1n) is 7.17. The molecule has 3 rings (SSSR count). The van der Waals surface area contributed by atoms with Crippen molar-refractivity contribution in [2.24, 2.45) is 5.92 Å². The third-order valence-electron chi connectivity index (χ3n) is 4.37. The van der Waals surface area contributed by atoms with E-state index in [1.165, 1.54) is 13.5 Å². The molecule has 1 aromatic heterocycles. The van der Waals surface area contributed by atoms with Gasteiger partial charge in [-0.3, -0.25) is 9.69 Å². The van der Waals surface area contributed by atoms with Crippen LogP contribution >= 0.6 is 0 Å². The van der Waals surface area contributed by atoms with Gasteiger partial charge in [-0.05, 0) is 24.5 Å². The fourth-order valence-electron chi connectivity index (χ4n) is 3.03. The largest absolute Gasteiger partial charge is 0.468 e. The van der Waals surface area contributed by atoms with E-state index in [9.17, 15) is 9.90 Å². The van der Waals surface area contributed by atoms with Crippen LogP contribution in [0.1, 0.15) is 37.2 Å². The van der Waals surface area contributed by atoms with Crippen molar-refractivity contribution in [2.75, 3.05) is 13.7 Å². The van der Waals surface area contributed by atoms with Crippen LogP contribution < -0.4 is 0 Å². The van der Waals surface area contributed by atoms with E-state index < -0.39 is 6.10 Å². The number of β-amino-alcohol motifs (C(OH)–C–C–N with tert-alkyl or cyclic N) is 1. The summed E-state index contributed by atoms with van der Waals surface area (Å²) >= 11 is 0. The third-order valence-corrected chi connectivity index (χ3v) is 4.37. The normalized spacial score (nSPS) is 33.4. The average molecular weight is 279 g/mol. The van der Waals surface area contributed by atoms with Crippen LogP contribution in [0.15, 0.2) is 16.5 Å². The van der Waals surface area contributed by atoms with E-state index in [2.05, 4.69) is 6.92 Å². The van der Waals surface area contributed by atoms with Gasteiger partial charge in [-0.15, -0.1) is 0 Å². The summed E-state index contributed by atoms with van der Waals surface area (Å²) in [6.07, 6.45) is 1.15. The zero-order valence-corrected chi connectivity index (χ0v) is 11.9. The number of likely N-dealkylation sites (tertiary alicyclic amines) is 1. The number of carbonyl (C=O) groups is 1. The van der Waals surface area contributed by atoms with Crippen molar-refractivity contribution in [2.45, 2.75) is 44.4 Å². The molecule has 110 valence electrons. The molecule has 1 aliphatic carbocycles. The number of esters is 1. The van der Waals surface area contributed by atoms with E-state index in [-0.39, 0.29) is 12.0 Å². The van der Waals surface area contributed by atoms with Crippen LogP contribution in [0.2, 0.25) is 0 Å². The van der Waals surface area contributed by atoms with E-state index in [1.54, 1.807) is 0 Å². The smallest absolute Gasteiger partial charge is 0.323 e. The fourth-order valence-corrected chi connectivity index (χ4v) is 3.03. The minimum Gasteiger partial charge on any atom is -0.468 e. The standard InChI is InChI=1S/C15H21NO4/c1-9-5-12(9)14-4-3-11(20-14)8-16-7-10(17)6-13(16)15(18)19-2/h3-4,9-10,12-13,17H,5-8H2,1-2H3/t9?,10-,12?,13-/m0/s1. The molecule has 0 aromatic carbocycles. The highest BCUT2D eigenvalue weighted by atomic mass is 16.5. The zero-order valence-electron chi connectivity index (χ0n) is 11.9. The van der Waals surface area contributed by atoms with Gasteiger partial charge in [0.1, 0.15) is 17.6 Å². The number of hydrogen-bond donors (Lipinski definition) is 1. The number of nitrogens with zero attached hydrogens (tertiary/aromatic N) is 1. The Morgan fingerprint density at radius 1 is 1.50 bits per heavy atom. The van der Waals surface area contributed by atoms with Gasteiger partial charge in [0.15, 0.2) is 0 Å². The Kier molecular flexibility index (Phi) is 3.56. The molecule has 2 unspecified atom stereocenters. The second kappa shape index (κ2) is 5.22. The predicted molar refractivity (Wildman–Crippen MR) is 72.1 cm³/mol. The van der Waals surface area contributed by atoms with E-state index in [0.717, 1.165) is 11.5 Å². The predicted octanol–water partition coefficient (Wildman–Crippen LogP) is 1.51. The van der Waals surface area contributed by atoms with E-state index >= 15 is 0 Å². The molecule has 5 heteroatoms. The average Bonchev–Trinajstić information content (AvgIpc) is 2.85. The van der Waals surface area contributed by atoms with Crippen LogP contribution in [0.3, 0.4) is 0 Å². The lowest BCUT2D eigenvalue weighted by Crippen LogP contribution is -2.36. The SMILES string of the molecule is COC(=O)[C@@H]1C[C@H](O)CN1Cc1ccc(C2CC2C)o1. The molecule has 20 heavy (non-hydrogen) atoms. The Hall–Kier alpha value is -1.33. The Morgan fingerprint density at radius 2 is 2.25 bits per heavy atom. The van der Waals surface area contributed by atoms with E-state index in [4.69, 9.17) is 9.15 Å². The van der Waals surface area contributed by atoms with Gasteiger partial charge in [0.2, 0.25) is 0 Å². The summed E-state index contributed by atoms with van der Waals surface area (Å²) in [6.45, 7) is 3.24. The van der Waals surface area contributed by atoms with Crippen molar-refractivity contribution in [1.29, 1.82) is 0 Å². The van der Waals surface area contributed by atoms with Crippen LogP contribution in [0.25, 0.3) is 0 Å². The summed E-state index contributed by atoms with van der Waals surface area (Å²) in [4.78, 5) is 13.6. The second-order valence-electron chi connectivity index (χ2n) is 5.98. The number of rotatable bonds is 4. The lowest BCUT2D eigenvalue weighted by atomic mass is 10.2. The quantitative estimate of drug-likeness (QED) is 0.846. The Bertz CT molecular complexity index is 498. The Balaban J connectivity index is 1.66. The highest BCUT2D eigenvalue weighted by Crippen LogP contribution is 2.47. The monoisotopic (exact) mass is 279 g/mol. The lowest BCUT2D eigenvalue weighted by molar-refractivity contribution is -0.146. The molecule has 0 spiro atoms. The fraction of sp³-hybridized carbons (Fsp3) is 0.667. The lowest BCUT2D eigenvalue weighted by Gasteiger charge is -2.20. The molecule has 2 heterocycles. The van der Waals surface area contributed by atoms with Crippen LogP contribution in [-0.2, 0) is 16.1 Å². The van der Waals surface area contributed by atoms with Gasteiger partial charge < -0.3 is 14.3 Å². The van der Waals surface area contributed by atoms with Crippen molar-refractivity contribution >= 4 is 5.97 Å². The maximum atomic E-state index is 11.7. The molecule has 4 atom stereocenters. The van der Waals surface area contributed by atoms with Gasteiger partial charge in [0.25, 0.3) is 0 Å². The number of aliphatic hydroxyl groups is 1. The molecule has 0 radical (unpaired) electrons. The van der Waals surface area contributed by atoms with Gasteiger partial charge in [0, 0.05) is 18.9 Å². The molecule has 1 aromatic rings. The minimum absolute atomic E-state index is 0.288. The van der Waals surface area contributed by atoms with Gasteiger partial charge in [-0.1, -0.05) is 6.92 Å². The molecule has 2 aliphatic rings. The molecule has 1 N–H and O–H groups in total. The van der Waals surface area contributed by atoms with E-state index in [0.29, 0.717) is 31.3 Å². The number of ether oxygens (including phenoxy) is 1. The Morgan fingerprint density at radius 3 is 2.90 bits per heavy atom. The minimum atomic E-state index is -0.475. The maximum Gasteiger partial charge on any atom is 0.323 e. The number of carbonyl (C=O) groups excluding carboxylic acids is 1. The molecule has 1 saturated heterocycles. The molecule has 0 amide bonds. The number of methoxy groups -OCH3 is 1. The first-order valence-corrected chi connectivity index (χ1v) is 7.17. The number of aliphatic hydroxyl groups excluding tert-OH is 1. The molecule has 0 bridgehead atoms. The van der Waals surface area contributed by atoms with Crippen LogP contribution in [0, 0.1) is 5.92 Å². The van der Waals surface area contributed by atoms with Crippen molar-refractivity contribution in [1.82, 2.24) is 4.90 Å². The van der Waals surface area contributed by atoms with Crippen molar-refractivity contribution in [3.8, 4) is 0 Å². The van der Waals surface area contributed by atoms with Crippen molar-refractivity contribution in [3.05, 3.63) is 23.7 Å². The molecular formula is C15H21NO4. The third kappa shape index (κ3) is 2.60. The number of hydrogen-bond acceptors (Lipinski definition) is 5. The maximum absolute atomic E-state index is 11.7. The summed E-state index contributed by atoms with van der Waals surface area (Å²) in [7, 11) is 1.38. The highest BCUT2D eigenvalue weighted by molar-refractivity contribution is 5.76. The topological polar surface area (TPSA) is 62.9 Å². The number of furan rings is 1. The van der Waals surface area contributed by atoms with Crippen molar-refractivity contribution < 1.29 is 19.1 Å². The Labute approximate surface area is 118 Å². The molecule has 1 saturated carbocycles. The zero-order chi connectivity index (χ0) is 14.3. The summed E-state index contributed by atoms with van der Waals surface area (Å²) in [6, 6.07) is 3.63. The first-order chi connectivity index (χ1) is 9.58. The van der Waals surface area contributed by atoms with Gasteiger partial charge in [-0.2, -0.15) is 0 Å². The van der Waals surface area contributed by atoms with Crippen molar-refractivity contribution in [3.63, 3.8) is 0 Å². The molecule has 1 aliphatic heterocycles. The summed E-state index contributed by atoms with van der Waals surface area (Å²) in [5, 5.41) is 9.75. The summed E-state index contributed by atoms with van der Waals surface area (Å²) < 4.78 is 10.7. The van der Waals surface area contributed by atoms with E-state index in [1.807, 2.05) is 17.0 Å². The van der Waals surface area contributed by atoms with Crippen LogP contribution in [-0.4, -0.2) is 41.8 Å². The van der Waals surface area contributed by atoms with Gasteiger partial charge in [0.05, 0.1) is 19.8 Å². The van der Waals surface area contributed by atoms with Gasteiger partial charge >= 0.3 is 5.97 Å². The van der Waals surface area contributed by atoms with Gasteiger partial charge in [-0.25, -0.2) is 0 Å². The first kappa shape index (κ1) is 13.6. The molecular weight excluding hydrogens is 258 g/mol. The van der Waals surface area contributed by atoms with Crippen LogP contribution in [0.4, 0.5) is 0 Å². The molecule has 5 nitrogen and oxygen atoms in total. The summed E-state index contributed by atoms with van der Waals surface area (Å²) in [5.41, 5.74) is 0. The highest BCUT2D eigenvalue weighted by Gasteiger charge is 2.38. The molecule has 2 fully saturated rings. The second-order valence-corrected chi connectivity index (χ2v) is 5.98. The van der Waals surface area contributed by atoms with Crippen LogP contribution in [0.5, 0.6) is 0 Å². The summed E-state index contributed by atoms with van der Waals surface area (Å²) in [5.74, 6) is 2.88.